The van der Waals surface area contributed by atoms with Crippen LogP contribution in [0.2, 0.25) is 20.1 Å². The van der Waals surface area contributed by atoms with E-state index in [2.05, 4.69) is 11.4 Å². The van der Waals surface area contributed by atoms with Crippen LogP contribution in [0.5, 0.6) is 5.75 Å². The van der Waals surface area contributed by atoms with Crippen molar-refractivity contribution in [2.24, 2.45) is 0 Å². The second kappa shape index (κ2) is 10.6. The highest BCUT2D eigenvalue weighted by atomic mass is 35.5. The molecule has 0 atom stereocenters. The van der Waals surface area contributed by atoms with E-state index in [1.54, 1.807) is 66.7 Å². The SMILES string of the molecule is N#C/C(=C\c1ccc(OCC(=O)Nc2ccc(Cl)c(Cl)c2)c(Cl)c1)c1ccc(Cl)cc1. The second-order valence-corrected chi connectivity index (χ2v) is 7.99. The molecule has 0 spiro atoms. The van der Waals surface area contributed by atoms with Gasteiger partial charge in [-0.3, -0.25) is 4.79 Å². The summed E-state index contributed by atoms with van der Waals surface area (Å²) in [6.45, 7) is -0.247. The average molecular weight is 492 g/mol. The summed E-state index contributed by atoms with van der Waals surface area (Å²) in [5.41, 5.74) is 2.41. The van der Waals surface area contributed by atoms with Gasteiger partial charge in [0.15, 0.2) is 6.61 Å². The van der Waals surface area contributed by atoms with E-state index in [1.807, 2.05) is 0 Å². The predicted molar refractivity (Wildman–Crippen MR) is 127 cm³/mol. The Kier molecular flexibility index (Phi) is 7.84. The predicted octanol–water partition coefficient (Wildman–Crippen LogP) is 7.38. The van der Waals surface area contributed by atoms with Gasteiger partial charge in [0.25, 0.3) is 5.91 Å². The number of allylic oxidation sites excluding steroid dienone is 1. The topological polar surface area (TPSA) is 62.1 Å². The lowest BCUT2D eigenvalue weighted by molar-refractivity contribution is -0.118. The van der Waals surface area contributed by atoms with Gasteiger partial charge in [0, 0.05) is 10.7 Å². The zero-order chi connectivity index (χ0) is 22.4. The van der Waals surface area contributed by atoms with Crippen molar-refractivity contribution in [3.8, 4) is 11.8 Å². The first-order valence-corrected chi connectivity index (χ1v) is 10.4. The van der Waals surface area contributed by atoms with Gasteiger partial charge in [-0.15, -0.1) is 0 Å². The lowest BCUT2D eigenvalue weighted by Gasteiger charge is -2.10. The number of halogens is 4. The first kappa shape index (κ1) is 23.0. The van der Waals surface area contributed by atoms with E-state index in [1.165, 1.54) is 0 Å². The molecule has 0 radical (unpaired) electrons. The van der Waals surface area contributed by atoms with Gasteiger partial charge in [0.1, 0.15) is 5.75 Å². The first-order valence-electron chi connectivity index (χ1n) is 8.90. The molecule has 0 bridgehead atoms. The molecule has 0 aromatic heterocycles. The minimum Gasteiger partial charge on any atom is -0.482 e. The van der Waals surface area contributed by atoms with Crippen molar-refractivity contribution in [3.63, 3.8) is 0 Å². The lowest BCUT2D eigenvalue weighted by atomic mass is 10.0. The van der Waals surface area contributed by atoms with Crippen LogP contribution in [0.3, 0.4) is 0 Å². The maximum absolute atomic E-state index is 12.1. The monoisotopic (exact) mass is 490 g/mol. The van der Waals surface area contributed by atoms with Gasteiger partial charge < -0.3 is 10.1 Å². The highest BCUT2D eigenvalue weighted by Gasteiger charge is 2.09. The molecule has 1 amide bonds. The maximum atomic E-state index is 12.1. The molecule has 3 rings (SSSR count). The number of carbonyl (C=O) groups excluding carboxylic acids is 1. The van der Waals surface area contributed by atoms with E-state index >= 15 is 0 Å². The van der Waals surface area contributed by atoms with E-state index in [9.17, 15) is 10.1 Å². The number of benzene rings is 3. The summed E-state index contributed by atoms with van der Waals surface area (Å²) < 4.78 is 5.51. The van der Waals surface area contributed by atoms with E-state index in [-0.39, 0.29) is 12.5 Å². The van der Waals surface area contributed by atoms with Crippen LogP contribution in [-0.4, -0.2) is 12.5 Å². The maximum Gasteiger partial charge on any atom is 0.262 e. The minimum absolute atomic E-state index is 0.247. The molecule has 3 aromatic rings. The smallest absolute Gasteiger partial charge is 0.262 e. The molecule has 8 heteroatoms. The number of anilines is 1. The third kappa shape index (κ3) is 6.40. The van der Waals surface area contributed by atoms with Crippen LogP contribution in [0.25, 0.3) is 11.6 Å². The van der Waals surface area contributed by atoms with E-state index in [0.29, 0.717) is 42.7 Å². The van der Waals surface area contributed by atoms with Crippen LogP contribution >= 0.6 is 46.4 Å². The minimum atomic E-state index is -0.382. The molecule has 0 aliphatic heterocycles. The van der Waals surface area contributed by atoms with Crippen LogP contribution in [0.15, 0.2) is 60.7 Å². The summed E-state index contributed by atoms with van der Waals surface area (Å²) in [7, 11) is 0. The van der Waals surface area contributed by atoms with Gasteiger partial charge in [-0.1, -0.05) is 64.6 Å². The van der Waals surface area contributed by atoms with Gasteiger partial charge in [0.05, 0.1) is 26.7 Å². The average Bonchev–Trinajstić information content (AvgIpc) is 2.75. The Hall–Kier alpha value is -2.68. The van der Waals surface area contributed by atoms with E-state index in [0.717, 1.165) is 5.56 Å². The van der Waals surface area contributed by atoms with E-state index < -0.39 is 0 Å². The number of nitrogens with one attached hydrogen (secondary N) is 1. The zero-order valence-corrected chi connectivity index (χ0v) is 18.9. The molecule has 3 aromatic carbocycles. The van der Waals surface area contributed by atoms with Crippen molar-refractivity contribution in [1.29, 1.82) is 5.26 Å². The molecular formula is C23H14Cl4N2O2. The van der Waals surface area contributed by atoms with Crippen molar-refractivity contribution in [1.82, 2.24) is 0 Å². The summed E-state index contributed by atoms with van der Waals surface area (Å²) >= 11 is 24.0. The number of hydrogen-bond donors (Lipinski definition) is 1. The Morgan fingerprint density at radius 3 is 2.32 bits per heavy atom. The normalized spacial score (nSPS) is 11.0. The fourth-order valence-corrected chi connectivity index (χ4v) is 3.28. The number of ether oxygens (including phenoxy) is 1. The Balaban J connectivity index is 1.66. The van der Waals surface area contributed by atoms with Gasteiger partial charge in [-0.25, -0.2) is 0 Å². The molecule has 0 saturated carbocycles. The van der Waals surface area contributed by atoms with Gasteiger partial charge in [-0.2, -0.15) is 5.26 Å². The van der Waals surface area contributed by atoms with Gasteiger partial charge in [0.2, 0.25) is 0 Å². The molecule has 0 unspecified atom stereocenters. The Morgan fingerprint density at radius 1 is 0.935 bits per heavy atom. The largest absolute Gasteiger partial charge is 0.482 e. The summed E-state index contributed by atoms with van der Waals surface area (Å²) in [6.07, 6.45) is 1.70. The van der Waals surface area contributed by atoms with Crippen molar-refractivity contribution in [2.45, 2.75) is 0 Å². The molecule has 31 heavy (non-hydrogen) atoms. The molecular weight excluding hydrogens is 478 g/mol. The van der Waals surface area contributed by atoms with Crippen molar-refractivity contribution >= 4 is 69.6 Å². The molecule has 0 fully saturated rings. The van der Waals surface area contributed by atoms with Crippen LogP contribution in [-0.2, 0) is 4.79 Å². The Morgan fingerprint density at radius 2 is 1.68 bits per heavy atom. The fourth-order valence-electron chi connectivity index (χ4n) is 2.61. The Bertz CT molecular complexity index is 1190. The molecule has 1 N–H and O–H groups in total. The number of rotatable bonds is 6. The Labute approximate surface area is 199 Å². The van der Waals surface area contributed by atoms with Crippen LogP contribution in [0.4, 0.5) is 5.69 Å². The molecule has 0 saturated heterocycles. The van der Waals surface area contributed by atoms with Crippen LogP contribution < -0.4 is 10.1 Å². The summed E-state index contributed by atoms with van der Waals surface area (Å²) in [5, 5.41) is 13.8. The third-order valence-electron chi connectivity index (χ3n) is 4.10. The van der Waals surface area contributed by atoms with Crippen molar-refractivity contribution in [2.75, 3.05) is 11.9 Å². The highest BCUT2D eigenvalue weighted by molar-refractivity contribution is 6.42. The summed E-state index contributed by atoms with van der Waals surface area (Å²) in [4.78, 5) is 12.1. The van der Waals surface area contributed by atoms with Crippen LogP contribution in [0.1, 0.15) is 11.1 Å². The molecule has 156 valence electrons. The first-order chi connectivity index (χ1) is 14.9. The molecule has 0 heterocycles. The quantitative estimate of drug-likeness (QED) is 0.289. The van der Waals surface area contributed by atoms with E-state index in [4.69, 9.17) is 51.1 Å². The van der Waals surface area contributed by atoms with Crippen LogP contribution in [0, 0.1) is 11.3 Å². The third-order valence-corrected chi connectivity index (χ3v) is 5.39. The van der Waals surface area contributed by atoms with Crippen molar-refractivity contribution in [3.05, 3.63) is 91.9 Å². The molecule has 4 nitrogen and oxygen atoms in total. The van der Waals surface area contributed by atoms with Gasteiger partial charge >= 0.3 is 0 Å². The number of nitriles is 1. The zero-order valence-electron chi connectivity index (χ0n) is 15.8. The number of amides is 1. The molecule has 0 aliphatic rings. The number of nitrogens with zero attached hydrogens (tertiary/aromatic N) is 1. The standard InChI is InChI=1S/C23H14Cl4N2O2/c24-17-4-2-15(3-5-17)16(12-28)9-14-1-8-22(21(27)10-14)31-13-23(30)29-18-6-7-19(25)20(26)11-18/h1-11H,13H2,(H,29,30)/b16-9+. The summed E-state index contributed by atoms with van der Waals surface area (Å²) in [5.74, 6) is -0.0407. The number of hydrogen-bond acceptors (Lipinski definition) is 3. The second-order valence-electron chi connectivity index (χ2n) is 6.33. The van der Waals surface area contributed by atoms with Gasteiger partial charge in [-0.05, 0) is 59.7 Å². The van der Waals surface area contributed by atoms with Crippen molar-refractivity contribution < 1.29 is 9.53 Å². The summed E-state index contributed by atoms with van der Waals surface area (Å²) in [6, 6.07) is 18.9. The highest BCUT2D eigenvalue weighted by Crippen LogP contribution is 2.28. The number of carbonyl (C=O) groups is 1. The molecule has 0 aliphatic carbocycles. The lowest BCUT2D eigenvalue weighted by Crippen LogP contribution is -2.20. The fraction of sp³-hybridized carbons (Fsp3) is 0.0435.